The molecular weight excluding hydrogens is 2150 g/mol. The molecule has 0 fully saturated rings. The fraction of sp³-hybridized carbons (Fsp3) is 1.00. The smallest absolute Gasteiger partial charge is 0 e. The molecule has 0 aliphatic carbocycles. The first-order valence-corrected chi connectivity index (χ1v) is 52.7. The molecule has 0 aromatic rings. The van der Waals surface area contributed by atoms with Gasteiger partial charge in [-0.1, -0.05) is 0 Å². The third-order valence-electron chi connectivity index (χ3n) is 3.45. The maximum absolute atomic E-state index is 5.25. The van der Waals surface area contributed by atoms with Gasteiger partial charge < -0.3 is 5.48 Å². The normalized spacial score (nSPS) is 10.2. The quantitative estimate of drug-likeness (QED) is 0.0792. The van der Waals surface area contributed by atoms with Gasteiger partial charge in [-0.3, -0.25) is 0 Å². The van der Waals surface area contributed by atoms with Crippen molar-refractivity contribution < 1.29 is 216 Å². The van der Waals surface area contributed by atoms with Crippen LogP contribution in [0.25, 0.3) is 0 Å². The van der Waals surface area contributed by atoms with E-state index in [1.54, 1.807) is 0 Å². The van der Waals surface area contributed by atoms with Gasteiger partial charge in [0, 0.05) is 156 Å². The van der Waals surface area contributed by atoms with Gasteiger partial charge in [0.1, 0.15) is 0 Å². The zero-order valence-corrected chi connectivity index (χ0v) is 88.7. The Hall–Kier alpha value is 13.3. The molecule has 0 aliphatic rings. The van der Waals surface area contributed by atoms with E-state index in [-0.39, 0.29) is 161 Å². The minimum atomic E-state index is -1.69. The zero-order valence-electron chi connectivity index (χ0n) is 39.0. The van der Waals surface area contributed by atoms with Gasteiger partial charge in [-0.15, -0.1) is 0 Å². The van der Waals surface area contributed by atoms with Crippen molar-refractivity contribution in [2.24, 2.45) is 0 Å². The maximum atomic E-state index is 5.25. The first-order chi connectivity index (χ1) is 24.7. The van der Waals surface area contributed by atoms with Gasteiger partial charge in [-0.05, 0) is 0 Å². The van der Waals surface area contributed by atoms with E-state index >= 15 is 0 Å². The molecule has 0 atom stereocenters. The van der Waals surface area contributed by atoms with Gasteiger partial charge in [0.2, 0.25) is 0 Å². The topological polar surface area (TPSA) is 139 Å². The van der Waals surface area contributed by atoms with Crippen LogP contribution in [-0.2, 0) is 216 Å². The molecular formula is C24H60O13P6Se12Zn8-8. The van der Waals surface area contributed by atoms with Crippen LogP contribution >= 0.6 is 27.9 Å². The van der Waals surface area contributed by atoms with Crippen LogP contribution in [0.4, 0.5) is 0 Å². The Morgan fingerprint density at radius 2 is 0.270 bits per heavy atom. The molecule has 13 nitrogen and oxygen atoms in total. The summed E-state index contributed by atoms with van der Waals surface area (Å²) in [6.07, 6.45) is 0. The summed E-state index contributed by atoms with van der Waals surface area (Å²) < 4.78 is 52.8. The second-order valence-corrected chi connectivity index (χ2v) is 73.6. The van der Waals surface area contributed by atoms with Crippen LogP contribution in [0.5, 0.6) is 0 Å². The summed E-state index contributed by atoms with van der Waals surface area (Å²) in [6.45, 7) is 31.6. The molecule has 63 heavy (non-hydrogen) atoms. The third-order valence-corrected chi connectivity index (χ3v) is 26.3. The molecule has 0 heterocycles. The van der Waals surface area contributed by atoms with E-state index in [0.29, 0.717) is 79.3 Å². The molecule has 0 saturated carbocycles. The molecule has 0 bridgehead atoms. The van der Waals surface area contributed by atoms with Crippen LogP contribution in [0.15, 0.2) is 0 Å². The van der Waals surface area contributed by atoms with E-state index in [4.69, 9.17) is 54.3 Å². The van der Waals surface area contributed by atoms with Crippen molar-refractivity contribution in [3.05, 3.63) is 0 Å². The van der Waals surface area contributed by atoms with Crippen molar-refractivity contribution in [2.75, 3.05) is 79.3 Å². The van der Waals surface area contributed by atoms with Gasteiger partial charge in [0.05, 0.1) is 0 Å². The Bertz CT molecular complexity index is 897. The summed E-state index contributed by atoms with van der Waals surface area (Å²) in [7, 11) is 0. The third kappa shape index (κ3) is 108. The minimum absolute atomic E-state index is 0. The Kier molecular flexibility index (Phi) is 141. The van der Waals surface area contributed by atoms with Gasteiger partial charge in [0.15, 0.2) is 0 Å². The molecule has 0 saturated heterocycles. The van der Waals surface area contributed by atoms with E-state index < -0.39 is 27.9 Å². The minimum Gasteiger partial charge on any atom is -2.00 e. The summed E-state index contributed by atoms with van der Waals surface area (Å²) in [5.41, 5.74) is 0. The largest absolute Gasteiger partial charge is 2.00 e. The molecule has 0 N–H and O–H groups in total. The van der Waals surface area contributed by atoms with Gasteiger partial charge in [-0.25, -0.2) is 0 Å². The Labute approximate surface area is 579 Å². The molecule has 0 aliphatic heterocycles. The average molecular weight is 2210 g/mol. The van der Waals surface area contributed by atoms with Crippen LogP contribution < -0.4 is 0 Å². The summed E-state index contributed by atoms with van der Waals surface area (Å²) in [5.74, 6) is 0. The van der Waals surface area contributed by atoms with Crippen molar-refractivity contribution in [1.82, 2.24) is 0 Å². The summed E-state index contributed by atoms with van der Waals surface area (Å²) >= 11 is 34.4. The monoisotopic (exact) mass is 2210 g/mol. The van der Waals surface area contributed by atoms with Crippen molar-refractivity contribution in [3.63, 3.8) is 0 Å². The SMILES string of the molecule is CCOP(=[Se])([Se-])OCC.CCOP(=[Se])([Se-])OCC.CCOP(=[Se])([Se-])OCC.CCOP(=[Se])([Se-])OCC.CCOP(=[Se])([Se-])OCC.CCOP(=[Se])([Se-])OCC.[O-2].[Zn].[Zn].[Zn].[Zn].[Zn].[Zn].[Zn].[Zn]. The van der Waals surface area contributed by atoms with E-state index in [0.717, 1.165) is 0 Å². The molecule has 0 unspecified atom stereocenters. The van der Waals surface area contributed by atoms with Gasteiger partial charge in [0.25, 0.3) is 0 Å². The number of hydrogen-bond acceptors (Lipinski definition) is 12. The predicted octanol–water partition coefficient (Wildman–Crippen LogP) is 6.31. The van der Waals surface area contributed by atoms with Crippen LogP contribution in [0, 0.1) is 0 Å². The summed E-state index contributed by atoms with van der Waals surface area (Å²) in [5, 5.41) is 0. The van der Waals surface area contributed by atoms with Crippen molar-refractivity contribution in [1.29, 1.82) is 0 Å². The second-order valence-electron chi connectivity index (χ2n) is 7.70. The first-order valence-electron chi connectivity index (χ1n) is 16.3. The fourth-order valence-electron chi connectivity index (χ4n) is 2.12. The zero-order chi connectivity index (χ0) is 44.0. The Balaban J connectivity index is -0.0000000328. The molecule has 0 rings (SSSR count). The predicted molar refractivity (Wildman–Crippen MR) is 251 cm³/mol. The molecule has 0 radical (unpaired) electrons. The van der Waals surface area contributed by atoms with Crippen LogP contribution in [0.3, 0.4) is 0 Å². The average Bonchev–Trinajstić information content (AvgIpc) is 2.98. The van der Waals surface area contributed by atoms with Crippen LogP contribution in [-0.4, -0.2) is 263 Å². The van der Waals surface area contributed by atoms with E-state index in [1.807, 2.05) is 83.1 Å². The number of rotatable bonds is 24. The van der Waals surface area contributed by atoms with Crippen molar-refractivity contribution in [2.45, 2.75) is 83.1 Å². The Morgan fingerprint density at radius 1 is 0.222 bits per heavy atom. The fourth-order valence-corrected chi connectivity index (χ4v) is 22.3. The van der Waals surface area contributed by atoms with Crippen LogP contribution in [0.2, 0.25) is 0 Å². The molecule has 39 heteroatoms. The van der Waals surface area contributed by atoms with E-state index in [9.17, 15) is 0 Å². The molecule has 0 aromatic heterocycles. The number of hydrogen-bond donors (Lipinski definition) is 0. The summed E-state index contributed by atoms with van der Waals surface area (Å²) in [4.78, 5) is 0. The molecule has 0 spiro atoms. The second kappa shape index (κ2) is 77.3. The van der Waals surface area contributed by atoms with Gasteiger partial charge >= 0.3 is 429 Å². The molecule has 0 aromatic carbocycles. The van der Waals surface area contributed by atoms with E-state index in [2.05, 4.69) is 184 Å². The standard InChI is InChI=1S/6C4H11O2PSe2.O.8Zn/c6*1-3-5-7(8,9)6-4-2;;;;;;;;;/h6*3-4H2,1-2H3,(H,8,9);;;;;;;;;/q;;;;;;-2;;;;;;;;/p-6. The maximum Gasteiger partial charge on any atom is 0 e. The van der Waals surface area contributed by atoms with E-state index in [1.165, 1.54) is 0 Å². The first kappa shape index (κ1) is 115. The molecule has 360 valence electrons. The Morgan fingerprint density at radius 3 is 0.302 bits per heavy atom. The summed E-state index contributed by atoms with van der Waals surface area (Å²) in [6, 6.07) is 0. The van der Waals surface area contributed by atoms with Crippen LogP contribution in [0.1, 0.15) is 83.1 Å². The van der Waals surface area contributed by atoms with Crippen molar-refractivity contribution >= 4 is 212 Å². The van der Waals surface area contributed by atoms with Gasteiger partial charge in [-0.2, -0.15) is 0 Å². The van der Waals surface area contributed by atoms with Crippen molar-refractivity contribution in [3.8, 4) is 0 Å². The molecule has 0 amide bonds.